The number of rotatable bonds is 1. The summed E-state index contributed by atoms with van der Waals surface area (Å²) in [4.78, 5) is 14.5. The number of anilines is 1. The van der Waals surface area contributed by atoms with E-state index in [4.69, 9.17) is 9.47 Å². The maximum Gasteiger partial charge on any atom is 0.232 e. The molecule has 1 aromatic carbocycles. The molecule has 3 rings (SSSR count). The van der Waals surface area contributed by atoms with Crippen molar-refractivity contribution in [1.82, 2.24) is 0 Å². The van der Waals surface area contributed by atoms with Gasteiger partial charge in [-0.25, -0.2) is 0 Å². The highest BCUT2D eigenvalue weighted by Gasteiger charge is 2.33. The molecule has 1 saturated heterocycles. The third-order valence-electron chi connectivity index (χ3n) is 3.72. The number of fused-ring (bicyclic) bond motifs is 1. The number of aryl methyl sites for hydroxylation is 1. The molecule has 2 unspecified atom stereocenters. The molecular formula is C15H19NO3. The van der Waals surface area contributed by atoms with Gasteiger partial charge >= 0.3 is 0 Å². The predicted octanol–water partition coefficient (Wildman–Crippen LogP) is 2.15. The summed E-state index contributed by atoms with van der Waals surface area (Å²) in [7, 11) is 0. The van der Waals surface area contributed by atoms with E-state index in [-0.39, 0.29) is 17.9 Å². The number of benzene rings is 1. The Morgan fingerprint density at radius 1 is 1.42 bits per heavy atom. The third kappa shape index (κ3) is 2.32. The molecule has 1 fully saturated rings. The number of hydrogen-bond donors (Lipinski definition) is 0. The zero-order chi connectivity index (χ0) is 13.4. The number of carbonyl (C=O) groups excluding carboxylic acids is 1. The average Bonchev–Trinajstić information content (AvgIpc) is 2.91. The SMILES string of the molecule is Cc1ccc2c(c1)N(C(=O)C1CCOC1)CC(C)O2. The number of carbonyl (C=O) groups is 1. The first-order valence-corrected chi connectivity index (χ1v) is 6.81. The van der Waals surface area contributed by atoms with Crippen LogP contribution in [0.2, 0.25) is 0 Å². The lowest BCUT2D eigenvalue weighted by Crippen LogP contribution is -2.45. The van der Waals surface area contributed by atoms with Crippen LogP contribution in [0.1, 0.15) is 18.9 Å². The highest BCUT2D eigenvalue weighted by Crippen LogP contribution is 2.35. The predicted molar refractivity (Wildman–Crippen MR) is 72.5 cm³/mol. The zero-order valence-corrected chi connectivity index (χ0v) is 11.4. The Hall–Kier alpha value is -1.55. The molecule has 102 valence electrons. The smallest absolute Gasteiger partial charge is 0.232 e. The second-order valence-electron chi connectivity index (χ2n) is 5.41. The van der Waals surface area contributed by atoms with Gasteiger partial charge in [-0.2, -0.15) is 0 Å². The summed E-state index contributed by atoms with van der Waals surface area (Å²) in [5.41, 5.74) is 2.03. The first-order valence-electron chi connectivity index (χ1n) is 6.81. The van der Waals surface area contributed by atoms with E-state index in [0.29, 0.717) is 19.8 Å². The van der Waals surface area contributed by atoms with Gasteiger partial charge in [-0.05, 0) is 38.0 Å². The van der Waals surface area contributed by atoms with E-state index in [9.17, 15) is 4.79 Å². The van der Waals surface area contributed by atoms with Crippen molar-refractivity contribution < 1.29 is 14.3 Å². The van der Waals surface area contributed by atoms with Crippen molar-refractivity contribution in [1.29, 1.82) is 0 Å². The largest absolute Gasteiger partial charge is 0.487 e. The van der Waals surface area contributed by atoms with Crippen molar-refractivity contribution in [2.75, 3.05) is 24.7 Å². The average molecular weight is 261 g/mol. The first-order chi connectivity index (χ1) is 9.15. The van der Waals surface area contributed by atoms with Crippen LogP contribution in [0.3, 0.4) is 0 Å². The minimum absolute atomic E-state index is 0.00124. The van der Waals surface area contributed by atoms with Gasteiger partial charge in [0.05, 0.1) is 24.8 Å². The Labute approximate surface area is 113 Å². The molecular weight excluding hydrogens is 242 g/mol. The number of ether oxygens (including phenoxy) is 2. The summed E-state index contributed by atoms with van der Waals surface area (Å²) in [5, 5.41) is 0. The summed E-state index contributed by atoms with van der Waals surface area (Å²) in [6.45, 7) is 5.88. The lowest BCUT2D eigenvalue weighted by atomic mass is 10.0. The molecule has 4 nitrogen and oxygen atoms in total. The normalized spacial score (nSPS) is 25.9. The van der Waals surface area contributed by atoms with Crippen LogP contribution in [0.25, 0.3) is 0 Å². The number of hydrogen-bond acceptors (Lipinski definition) is 3. The Balaban J connectivity index is 1.93. The van der Waals surface area contributed by atoms with Gasteiger partial charge in [0.2, 0.25) is 5.91 Å². The molecule has 0 saturated carbocycles. The van der Waals surface area contributed by atoms with Crippen LogP contribution < -0.4 is 9.64 Å². The topological polar surface area (TPSA) is 38.8 Å². The lowest BCUT2D eigenvalue weighted by molar-refractivity contribution is -0.122. The Morgan fingerprint density at radius 3 is 3.00 bits per heavy atom. The molecule has 0 radical (unpaired) electrons. The van der Waals surface area contributed by atoms with Gasteiger partial charge in [-0.3, -0.25) is 4.79 Å². The van der Waals surface area contributed by atoms with Gasteiger partial charge < -0.3 is 14.4 Å². The Kier molecular flexibility index (Phi) is 3.19. The van der Waals surface area contributed by atoms with Crippen LogP contribution in [0.15, 0.2) is 18.2 Å². The van der Waals surface area contributed by atoms with E-state index in [1.54, 1.807) is 0 Å². The highest BCUT2D eigenvalue weighted by molar-refractivity contribution is 5.97. The Bertz CT molecular complexity index is 494. The zero-order valence-electron chi connectivity index (χ0n) is 11.4. The van der Waals surface area contributed by atoms with Crippen LogP contribution in [0.4, 0.5) is 5.69 Å². The van der Waals surface area contributed by atoms with E-state index in [1.807, 2.05) is 36.9 Å². The van der Waals surface area contributed by atoms with Crippen LogP contribution in [0, 0.1) is 12.8 Å². The first kappa shape index (κ1) is 12.5. The molecule has 0 bridgehead atoms. The molecule has 2 aliphatic heterocycles. The molecule has 1 amide bonds. The maximum atomic E-state index is 12.6. The molecule has 0 aliphatic carbocycles. The summed E-state index contributed by atoms with van der Waals surface area (Å²) in [5.74, 6) is 0.967. The number of amides is 1. The molecule has 0 aromatic heterocycles. The molecule has 2 atom stereocenters. The quantitative estimate of drug-likeness (QED) is 0.777. The standard InChI is InChI=1S/C15H19NO3/c1-10-3-4-14-13(7-10)16(8-11(2)19-14)15(17)12-5-6-18-9-12/h3-4,7,11-12H,5-6,8-9H2,1-2H3. The van der Waals surface area contributed by atoms with E-state index in [2.05, 4.69) is 0 Å². The summed E-state index contributed by atoms with van der Waals surface area (Å²) >= 11 is 0. The van der Waals surface area contributed by atoms with Gasteiger partial charge in [-0.15, -0.1) is 0 Å². The second-order valence-corrected chi connectivity index (χ2v) is 5.41. The third-order valence-corrected chi connectivity index (χ3v) is 3.72. The molecule has 0 N–H and O–H groups in total. The van der Waals surface area contributed by atoms with E-state index < -0.39 is 0 Å². The van der Waals surface area contributed by atoms with Crippen molar-refractivity contribution in [3.63, 3.8) is 0 Å². The molecule has 2 aliphatic rings. The van der Waals surface area contributed by atoms with Crippen LogP contribution >= 0.6 is 0 Å². The van der Waals surface area contributed by atoms with Crippen LogP contribution in [-0.4, -0.2) is 31.8 Å². The second kappa shape index (κ2) is 4.85. The summed E-state index contributed by atoms with van der Waals surface area (Å²) in [6.07, 6.45) is 0.854. The fraction of sp³-hybridized carbons (Fsp3) is 0.533. The van der Waals surface area contributed by atoms with Crippen LogP contribution in [0.5, 0.6) is 5.75 Å². The molecule has 0 spiro atoms. The summed E-state index contributed by atoms with van der Waals surface area (Å²) in [6, 6.07) is 5.99. The van der Waals surface area contributed by atoms with Crippen molar-refractivity contribution in [2.45, 2.75) is 26.4 Å². The highest BCUT2D eigenvalue weighted by atomic mass is 16.5. The fourth-order valence-electron chi connectivity index (χ4n) is 2.71. The molecule has 1 aromatic rings. The van der Waals surface area contributed by atoms with Gasteiger partial charge in [0.25, 0.3) is 0 Å². The fourth-order valence-corrected chi connectivity index (χ4v) is 2.71. The van der Waals surface area contributed by atoms with E-state index in [0.717, 1.165) is 23.4 Å². The molecule has 4 heteroatoms. The Morgan fingerprint density at radius 2 is 2.26 bits per heavy atom. The van der Waals surface area contributed by atoms with Crippen LogP contribution in [-0.2, 0) is 9.53 Å². The summed E-state index contributed by atoms with van der Waals surface area (Å²) < 4.78 is 11.1. The van der Waals surface area contributed by atoms with Crippen molar-refractivity contribution in [3.05, 3.63) is 23.8 Å². The van der Waals surface area contributed by atoms with Gasteiger partial charge in [0, 0.05) is 6.61 Å². The van der Waals surface area contributed by atoms with Crippen molar-refractivity contribution >= 4 is 11.6 Å². The lowest BCUT2D eigenvalue weighted by Gasteiger charge is -2.34. The van der Waals surface area contributed by atoms with E-state index in [1.165, 1.54) is 0 Å². The van der Waals surface area contributed by atoms with Gasteiger partial charge in [0.1, 0.15) is 11.9 Å². The van der Waals surface area contributed by atoms with Crippen molar-refractivity contribution in [3.8, 4) is 5.75 Å². The minimum atomic E-state index is -0.00124. The minimum Gasteiger partial charge on any atom is -0.487 e. The molecule has 19 heavy (non-hydrogen) atoms. The maximum absolute atomic E-state index is 12.6. The monoisotopic (exact) mass is 261 g/mol. The number of nitrogens with zero attached hydrogens (tertiary/aromatic N) is 1. The van der Waals surface area contributed by atoms with Gasteiger partial charge in [0.15, 0.2) is 0 Å². The molecule has 2 heterocycles. The van der Waals surface area contributed by atoms with Gasteiger partial charge in [-0.1, -0.05) is 6.07 Å². The van der Waals surface area contributed by atoms with E-state index >= 15 is 0 Å². The van der Waals surface area contributed by atoms with Crippen molar-refractivity contribution in [2.24, 2.45) is 5.92 Å².